The molecule has 0 saturated carbocycles. The maximum atomic E-state index is 9.94. The molecule has 0 bridgehead atoms. The van der Waals surface area contributed by atoms with Crippen LogP contribution in [0.5, 0.6) is 11.5 Å². The lowest BCUT2D eigenvalue weighted by Gasteiger charge is -2.14. The molecule has 1 atom stereocenters. The normalized spacial score (nSPS) is 12.2. The van der Waals surface area contributed by atoms with Gasteiger partial charge in [-0.3, -0.25) is 4.98 Å². The van der Waals surface area contributed by atoms with E-state index < -0.39 is 6.10 Å². The van der Waals surface area contributed by atoms with E-state index in [1.54, 1.807) is 6.20 Å². The van der Waals surface area contributed by atoms with Gasteiger partial charge in [-0.2, -0.15) is 0 Å². The Balaban J connectivity index is 2.26. The topological polar surface area (TPSA) is 42.4 Å². The third-order valence-corrected chi connectivity index (χ3v) is 2.78. The van der Waals surface area contributed by atoms with Crippen LogP contribution in [0.1, 0.15) is 30.7 Å². The minimum absolute atomic E-state index is 0.500. The molecule has 0 fully saturated rings. The van der Waals surface area contributed by atoms with Crippen molar-refractivity contribution in [2.24, 2.45) is 0 Å². The highest BCUT2D eigenvalue weighted by Gasteiger charge is 2.11. The van der Waals surface area contributed by atoms with Gasteiger partial charge in [0.1, 0.15) is 11.5 Å². The van der Waals surface area contributed by atoms with Crippen molar-refractivity contribution in [3.05, 3.63) is 53.9 Å². The number of pyridine rings is 1. The average molecular weight is 243 g/mol. The highest BCUT2D eigenvalue weighted by molar-refractivity contribution is 5.38. The maximum Gasteiger partial charge on any atom is 0.145 e. The molecule has 94 valence electrons. The number of aryl methyl sites for hydroxylation is 1. The molecule has 1 aromatic carbocycles. The van der Waals surface area contributed by atoms with Gasteiger partial charge in [0.15, 0.2) is 0 Å². The molecule has 2 rings (SSSR count). The van der Waals surface area contributed by atoms with Gasteiger partial charge >= 0.3 is 0 Å². The molecular weight excluding hydrogens is 226 g/mol. The number of hydrogen-bond acceptors (Lipinski definition) is 3. The number of benzene rings is 1. The number of ether oxygens (including phenoxy) is 1. The van der Waals surface area contributed by atoms with Crippen LogP contribution in [0.2, 0.25) is 0 Å². The van der Waals surface area contributed by atoms with E-state index in [9.17, 15) is 5.11 Å². The number of nitrogens with zero attached hydrogens (tertiary/aromatic N) is 1. The van der Waals surface area contributed by atoms with Crippen molar-refractivity contribution >= 4 is 0 Å². The largest absolute Gasteiger partial charge is 0.455 e. The summed E-state index contributed by atoms with van der Waals surface area (Å²) in [5.74, 6) is 1.36. The van der Waals surface area contributed by atoms with E-state index in [4.69, 9.17) is 4.74 Å². The number of para-hydroxylation sites is 1. The second-order valence-corrected chi connectivity index (χ2v) is 4.20. The fraction of sp³-hybridized carbons (Fsp3) is 0.267. The quantitative estimate of drug-likeness (QED) is 0.891. The second-order valence-electron chi connectivity index (χ2n) is 4.20. The van der Waals surface area contributed by atoms with Gasteiger partial charge < -0.3 is 9.84 Å². The molecule has 0 amide bonds. The van der Waals surface area contributed by atoms with Crippen LogP contribution < -0.4 is 4.74 Å². The summed E-state index contributed by atoms with van der Waals surface area (Å²) in [4.78, 5) is 4.18. The lowest BCUT2D eigenvalue weighted by atomic mass is 10.1. The highest BCUT2D eigenvalue weighted by atomic mass is 16.5. The molecule has 3 nitrogen and oxygen atoms in total. The minimum Gasteiger partial charge on any atom is -0.455 e. The van der Waals surface area contributed by atoms with Crippen LogP contribution in [0, 0.1) is 6.92 Å². The second kappa shape index (κ2) is 5.65. The Kier molecular flexibility index (Phi) is 3.95. The SMILES string of the molecule is CCC(O)c1ccccc1Oc1ccc(C)nc1. The molecule has 0 aliphatic carbocycles. The van der Waals surface area contributed by atoms with E-state index >= 15 is 0 Å². The third-order valence-electron chi connectivity index (χ3n) is 2.78. The first-order valence-corrected chi connectivity index (χ1v) is 6.08. The van der Waals surface area contributed by atoms with Gasteiger partial charge in [0.25, 0.3) is 0 Å². The highest BCUT2D eigenvalue weighted by Crippen LogP contribution is 2.30. The predicted octanol–water partition coefficient (Wildman–Crippen LogP) is 3.63. The molecule has 1 N–H and O–H groups in total. The molecule has 0 aliphatic heterocycles. The fourth-order valence-corrected chi connectivity index (χ4v) is 1.71. The van der Waals surface area contributed by atoms with Crippen LogP contribution >= 0.6 is 0 Å². The first-order chi connectivity index (χ1) is 8.70. The summed E-state index contributed by atoms with van der Waals surface area (Å²) in [6.07, 6.45) is 1.84. The van der Waals surface area contributed by atoms with Crippen LogP contribution in [0.4, 0.5) is 0 Å². The van der Waals surface area contributed by atoms with E-state index in [0.717, 1.165) is 11.3 Å². The molecule has 2 aromatic rings. The Labute approximate surface area is 107 Å². The molecule has 1 aromatic heterocycles. The molecule has 0 saturated heterocycles. The Morgan fingerprint density at radius 2 is 2.00 bits per heavy atom. The Bertz CT molecular complexity index is 508. The molecule has 3 heteroatoms. The summed E-state index contributed by atoms with van der Waals surface area (Å²) in [5.41, 5.74) is 1.75. The molecule has 0 aliphatic rings. The van der Waals surface area contributed by atoms with Crippen molar-refractivity contribution in [1.29, 1.82) is 0 Å². The molecule has 18 heavy (non-hydrogen) atoms. The summed E-state index contributed by atoms with van der Waals surface area (Å²) < 4.78 is 5.76. The molecule has 1 heterocycles. The smallest absolute Gasteiger partial charge is 0.145 e. The number of rotatable bonds is 4. The summed E-state index contributed by atoms with van der Waals surface area (Å²) >= 11 is 0. The lowest BCUT2D eigenvalue weighted by Crippen LogP contribution is -1.98. The van der Waals surface area contributed by atoms with Crippen LogP contribution in [-0.4, -0.2) is 10.1 Å². The molecular formula is C15H17NO2. The van der Waals surface area contributed by atoms with Crippen molar-refractivity contribution in [3.63, 3.8) is 0 Å². The Hall–Kier alpha value is -1.87. The van der Waals surface area contributed by atoms with Crippen molar-refractivity contribution in [1.82, 2.24) is 4.98 Å². The lowest BCUT2D eigenvalue weighted by molar-refractivity contribution is 0.170. The maximum absolute atomic E-state index is 9.94. The zero-order valence-corrected chi connectivity index (χ0v) is 10.6. The van der Waals surface area contributed by atoms with Crippen molar-refractivity contribution in [3.8, 4) is 11.5 Å². The van der Waals surface area contributed by atoms with Gasteiger partial charge in [-0.05, 0) is 31.5 Å². The zero-order valence-electron chi connectivity index (χ0n) is 10.6. The van der Waals surface area contributed by atoms with E-state index in [1.807, 2.05) is 50.2 Å². The van der Waals surface area contributed by atoms with Gasteiger partial charge in [0, 0.05) is 11.3 Å². The zero-order chi connectivity index (χ0) is 13.0. The van der Waals surface area contributed by atoms with Crippen LogP contribution in [0.15, 0.2) is 42.6 Å². The standard InChI is InChI=1S/C15H17NO2/c1-3-14(17)13-6-4-5-7-15(13)18-12-9-8-11(2)16-10-12/h4-10,14,17H,3H2,1-2H3. The van der Waals surface area contributed by atoms with Gasteiger partial charge in [-0.25, -0.2) is 0 Å². The Morgan fingerprint density at radius 3 is 2.67 bits per heavy atom. The number of aliphatic hydroxyl groups is 1. The van der Waals surface area contributed by atoms with E-state index in [2.05, 4.69) is 4.98 Å². The van der Waals surface area contributed by atoms with Crippen LogP contribution in [0.3, 0.4) is 0 Å². The fourth-order valence-electron chi connectivity index (χ4n) is 1.71. The van der Waals surface area contributed by atoms with Crippen LogP contribution in [-0.2, 0) is 0 Å². The summed E-state index contributed by atoms with van der Waals surface area (Å²) in [6, 6.07) is 11.3. The first-order valence-electron chi connectivity index (χ1n) is 6.08. The molecule has 0 radical (unpaired) electrons. The minimum atomic E-state index is -0.500. The molecule has 0 spiro atoms. The van der Waals surface area contributed by atoms with Crippen molar-refractivity contribution < 1.29 is 9.84 Å². The monoisotopic (exact) mass is 243 g/mol. The van der Waals surface area contributed by atoms with Gasteiger partial charge in [-0.15, -0.1) is 0 Å². The molecule has 1 unspecified atom stereocenters. The number of aliphatic hydroxyl groups excluding tert-OH is 1. The summed E-state index contributed by atoms with van der Waals surface area (Å²) in [7, 11) is 0. The third kappa shape index (κ3) is 2.87. The summed E-state index contributed by atoms with van der Waals surface area (Å²) in [5, 5.41) is 9.94. The average Bonchev–Trinajstić information content (AvgIpc) is 2.41. The van der Waals surface area contributed by atoms with Crippen LogP contribution in [0.25, 0.3) is 0 Å². The van der Waals surface area contributed by atoms with E-state index in [-0.39, 0.29) is 0 Å². The summed E-state index contributed by atoms with van der Waals surface area (Å²) in [6.45, 7) is 3.87. The number of hydrogen-bond donors (Lipinski definition) is 1. The van der Waals surface area contributed by atoms with E-state index in [1.165, 1.54) is 0 Å². The predicted molar refractivity (Wildman–Crippen MR) is 70.7 cm³/mol. The van der Waals surface area contributed by atoms with Gasteiger partial charge in [0.2, 0.25) is 0 Å². The number of aromatic nitrogens is 1. The van der Waals surface area contributed by atoms with Crippen molar-refractivity contribution in [2.75, 3.05) is 0 Å². The van der Waals surface area contributed by atoms with Gasteiger partial charge in [0.05, 0.1) is 12.3 Å². The first kappa shape index (κ1) is 12.6. The van der Waals surface area contributed by atoms with Gasteiger partial charge in [-0.1, -0.05) is 25.1 Å². The van der Waals surface area contributed by atoms with Crippen molar-refractivity contribution in [2.45, 2.75) is 26.4 Å². The Morgan fingerprint density at radius 1 is 1.22 bits per heavy atom. The van der Waals surface area contributed by atoms with E-state index in [0.29, 0.717) is 17.9 Å².